The summed E-state index contributed by atoms with van der Waals surface area (Å²) in [6.07, 6.45) is 4.15. The van der Waals surface area contributed by atoms with E-state index in [1.165, 1.54) is 19.3 Å². The summed E-state index contributed by atoms with van der Waals surface area (Å²) in [6.45, 7) is 9.81. The van der Waals surface area contributed by atoms with Crippen LogP contribution in [0.2, 0.25) is 0 Å². The van der Waals surface area contributed by atoms with Crippen LogP contribution in [-0.2, 0) is 0 Å². The Morgan fingerprint density at radius 3 is 2.15 bits per heavy atom. The van der Waals surface area contributed by atoms with Crippen molar-refractivity contribution >= 4 is 0 Å². The van der Waals surface area contributed by atoms with Gasteiger partial charge in [-0.1, -0.05) is 26.7 Å². The zero-order valence-corrected chi connectivity index (χ0v) is 9.34. The Bertz CT molecular complexity index is 150. The zero-order valence-electron chi connectivity index (χ0n) is 9.34. The molecule has 0 aromatic carbocycles. The van der Waals surface area contributed by atoms with Gasteiger partial charge in [0, 0.05) is 12.1 Å². The van der Waals surface area contributed by atoms with E-state index in [1.807, 2.05) is 0 Å². The highest BCUT2D eigenvalue weighted by atomic mass is 15.2. The molecule has 78 valence electrons. The molecule has 0 bridgehead atoms. The Hall–Kier alpha value is -0.0800. The van der Waals surface area contributed by atoms with Crippen LogP contribution in [0.3, 0.4) is 0 Å². The van der Waals surface area contributed by atoms with Crippen LogP contribution in [0, 0.1) is 5.92 Å². The lowest BCUT2D eigenvalue weighted by atomic mass is 9.92. The first-order valence-corrected chi connectivity index (χ1v) is 5.61. The van der Waals surface area contributed by atoms with Crippen LogP contribution in [0.5, 0.6) is 0 Å². The second-order valence-electron chi connectivity index (χ2n) is 4.52. The summed E-state index contributed by atoms with van der Waals surface area (Å²) in [7, 11) is 0. The molecule has 1 aliphatic rings. The van der Waals surface area contributed by atoms with Crippen LogP contribution in [0.4, 0.5) is 0 Å². The molecule has 0 spiro atoms. The molecular formula is C11H24N2. The molecule has 0 radical (unpaired) electrons. The summed E-state index contributed by atoms with van der Waals surface area (Å²) in [5, 5.41) is 0. The van der Waals surface area contributed by atoms with Crippen molar-refractivity contribution in [3.8, 4) is 0 Å². The number of nitrogens with zero attached hydrogens (tertiary/aromatic N) is 1. The zero-order chi connectivity index (χ0) is 9.90. The number of hydrogen-bond donors (Lipinski definition) is 1. The first-order chi connectivity index (χ1) is 6.16. The summed E-state index contributed by atoms with van der Waals surface area (Å²) in [6, 6.07) is 0. The molecule has 1 unspecified atom stereocenters. The van der Waals surface area contributed by atoms with E-state index in [-0.39, 0.29) is 5.54 Å². The predicted octanol–water partition coefficient (Wildman–Crippen LogP) is 1.85. The van der Waals surface area contributed by atoms with Gasteiger partial charge in [-0.2, -0.15) is 0 Å². The average molecular weight is 184 g/mol. The van der Waals surface area contributed by atoms with E-state index in [0.717, 1.165) is 25.6 Å². The smallest absolute Gasteiger partial charge is 0.0306 e. The van der Waals surface area contributed by atoms with Crippen molar-refractivity contribution in [2.75, 3.05) is 19.6 Å². The second kappa shape index (κ2) is 4.43. The molecule has 0 saturated heterocycles. The SMILES string of the molecule is CCN(CC)C(C)(CN)CC1CC1. The number of rotatable bonds is 6. The molecule has 1 atom stereocenters. The highest BCUT2D eigenvalue weighted by Gasteiger charge is 2.35. The summed E-state index contributed by atoms with van der Waals surface area (Å²) in [5.41, 5.74) is 6.15. The fourth-order valence-corrected chi connectivity index (χ4v) is 2.27. The van der Waals surface area contributed by atoms with Crippen molar-refractivity contribution in [3.05, 3.63) is 0 Å². The number of likely N-dealkylation sites (N-methyl/N-ethyl adjacent to an activating group) is 1. The molecular weight excluding hydrogens is 160 g/mol. The molecule has 2 heteroatoms. The Kier molecular flexibility index (Phi) is 3.74. The van der Waals surface area contributed by atoms with Crippen LogP contribution < -0.4 is 5.73 Å². The van der Waals surface area contributed by atoms with E-state index in [4.69, 9.17) is 5.73 Å². The third kappa shape index (κ3) is 2.68. The average Bonchev–Trinajstić information content (AvgIpc) is 2.90. The molecule has 1 saturated carbocycles. The van der Waals surface area contributed by atoms with Gasteiger partial charge in [0.1, 0.15) is 0 Å². The number of nitrogens with two attached hydrogens (primary N) is 1. The maximum Gasteiger partial charge on any atom is 0.0306 e. The largest absolute Gasteiger partial charge is 0.329 e. The van der Waals surface area contributed by atoms with Gasteiger partial charge in [-0.05, 0) is 32.4 Å². The highest BCUT2D eigenvalue weighted by molar-refractivity contribution is 4.92. The van der Waals surface area contributed by atoms with E-state index in [2.05, 4.69) is 25.7 Å². The van der Waals surface area contributed by atoms with E-state index >= 15 is 0 Å². The van der Waals surface area contributed by atoms with Gasteiger partial charge in [-0.25, -0.2) is 0 Å². The minimum atomic E-state index is 0.255. The van der Waals surface area contributed by atoms with Gasteiger partial charge >= 0.3 is 0 Å². The molecule has 0 amide bonds. The molecule has 0 heterocycles. The Balaban J connectivity index is 2.52. The van der Waals surface area contributed by atoms with Crippen LogP contribution in [0.25, 0.3) is 0 Å². The van der Waals surface area contributed by atoms with Gasteiger partial charge in [0.05, 0.1) is 0 Å². The molecule has 1 aliphatic carbocycles. The molecule has 13 heavy (non-hydrogen) atoms. The molecule has 2 N–H and O–H groups in total. The quantitative estimate of drug-likeness (QED) is 0.682. The normalized spacial score (nSPS) is 21.9. The fourth-order valence-electron chi connectivity index (χ4n) is 2.27. The molecule has 0 aliphatic heterocycles. The summed E-state index contributed by atoms with van der Waals surface area (Å²) >= 11 is 0. The van der Waals surface area contributed by atoms with Crippen LogP contribution in [0.1, 0.15) is 40.0 Å². The Labute approximate surface area is 82.5 Å². The van der Waals surface area contributed by atoms with Crippen LogP contribution in [0.15, 0.2) is 0 Å². The summed E-state index contributed by atoms with van der Waals surface area (Å²) in [4.78, 5) is 2.51. The molecule has 0 aromatic rings. The van der Waals surface area contributed by atoms with Crippen molar-refractivity contribution in [2.24, 2.45) is 11.7 Å². The van der Waals surface area contributed by atoms with E-state index in [9.17, 15) is 0 Å². The summed E-state index contributed by atoms with van der Waals surface area (Å²) in [5.74, 6) is 0.967. The van der Waals surface area contributed by atoms with Crippen molar-refractivity contribution in [3.63, 3.8) is 0 Å². The molecule has 1 fully saturated rings. The van der Waals surface area contributed by atoms with Crippen molar-refractivity contribution in [1.82, 2.24) is 4.90 Å². The van der Waals surface area contributed by atoms with Crippen molar-refractivity contribution in [1.29, 1.82) is 0 Å². The highest BCUT2D eigenvalue weighted by Crippen LogP contribution is 2.38. The fraction of sp³-hybridized carbons (Fsp3) is 1.00. The first kappa shape index (κ1) is 11.0. The predicted molar refractivity (Wildman–Crippen MR) is 57.7 cm³/mol. The second-order valence-corrected chi connectivity index (χ2v) is 4.52. The van der Waals surface area contributed by atoms with Gasteiger partial charge < -0.3 is 5.73 Å². The lowest BCUT2D eigenvalue weighted by molar-refractivity contribution is 0.109. The lowest BCUT2D eigenvalue weighted by Crippen LogP contribution is -2.51. The van der Waals surface area contributed by atoms with Crippen LogP contribution in [-0.4, -0.2) is 30.1 Å². The maximum absolute atomic E-state index is 5.89. The van der Waals surface area contributed by atoms with Gasteiger partial charge in [0.15, 0.2) is 0 Å². The monoisotopic (exact) mass is 184 g/mol. The Morgan fingerprint density at radius 2 is 1.85 bits per heavy atom. The minimum Gasteiger partial charge on any atom is -0.329 e. The first-order valence-electron chi connectivity index (χ1n) is 5.61. The third-order valence-electron chi connectivity index (χ3n) is 3.39. The number of hydrogen-bond acceptors (Lipinski definition) is 2. The molecule has 0 aromatic heterocycles. The standard InChI is InChI=1S/C11H24N2/c1-4-13(5-2)11(3,9-12)8-10-6-7-10/h10H,4-9,12H2,1-3H3. The maximum atomic E-state index is 5.89. The third-order valence-corrected chi connectivity index (χ3v) is 3.39. The Morgan fingerprint density at radius 1 is 1.31 bits per heavy atom. The van der Waals surface area contributed by atoms with Gasteiger partial charge in [0.25, 0.3) is 0 Å². The van der Waals surface area contributed by atoms with E-state index < -0.39 is 0 Å². The van der Waals surface area contributed by atoms with Gasteiger partial charge in [-0.15, -0.1) is 0 Å². The van der Waals surface area contributed by atoms with Crippen LogP contribution >= 0.6 is 0 Å². The van der Waals surface area contributed by atoms with Gasteiger partial charge in [-0.3, -0.25) is 4.90 Å². The van der Waals surface area contributed by atoms with Gasteiger partial charge in [0.2, 0.25) is 0 Å². The molecule has 1 rings (SSSR count). The summed E-state index contributed by atoms with van der Waals surface area (Å²) < 4.78 is 0. The molecule has 2 nitrogen and oxygen atoms in total. The van der Waals surface area contributed by atoms with E-state index in [0.29, 0.717) is 0 Å². The topological polar surface area (TPSA) is 29.3 Å². The van der Waals surface area contributed by atoms with E-state index in [1.54, 1.807) is 0 Å². The minimum absolute atomic E-state index is 0.255. The lowest BCUT2D eigenvalue weighted by Gasteiger charge is -2.39. The van der Waals surface area contributed by atoms with Crippen molar-refractivity contribution < 1.29 is 0 Å². The van der Waals surface area contributed by atoms with Crippen molar-refractivity contribution in [2.45, 2.75) is 45.6 Å².